The molecule has 0 spiro atoms. The zero-order valence-electron chi connectivity index (χ0n) is 59.6. The lowest BCUT2D eigenvalue weighted by Gasteiger charge is -2.10. The highest BCUT2D eigenvalue weighted by Gasteiger charge is 2.27. The minimum atomic E-state index is 0.439. The maximum absolute atomic E-state index is 4.85. The number of aromatic nitrogens is 16. The van der Waals surface area contributed by atoms with Gasteiger partial charge in [0.25, 0.3) is 0 Å². The lowest BCUT2D eigenvalue weighted by Crippen LogP contribution is -2.02. The highest BCUT2D eigenvalue weighted by Crippen LogP contribution is 2.44. The largest absolute Gasteiger partial charge is 0.256 e. The molecule has 9 aromatic carbocycles. The molecular formula is C95H62N16. The maximum Gasteiger partial charge on any atom is 0.201 e. The molecule has 0 saturated heterocycles. The van der Waals surface area contributed by atoms with Crippen LogP contribution in [0, 0.1) is 0 Å². The van der Waals surface area contributed by atoms with Crippen LogP contribution in [0.5, 0.6) is 0 Å². The van der Waals surface area contributed by atoms with Crippen molar-refractivity contribution in [2.45, 2.75) is 19.3 Å². The van der Waals surface area contributed by atoms with Crippen molar-refractivity contribution in [3.63, 3.8) is 0 Å². The molecular weight excluding hydrogens is 1370 g/mol. The lowest BCUT2D eigenvalue weighted by molar-refractivity contribution is 1.03. The van der Waals surface area contributed by atoms with Crippen LogP contribution in [0.25, 0.3) is 170 Å². The number of fused-ring (bicyclic) bond motifs is 9. The summed E-state index contributed by atoms with van der Waals surface area (Å²) in [5.74, 6) is 5.75. The first-order valence-electron chi connectivity index (χ1n) is 36.6. The number of hydrogen-bond acceptors (Lipinski definition) is 16. The van der Waals surface area contributed by atoms with Gasteiger partial charge in [0.05, 0.1) is 22.8 Å². The summed E-state index contributed by atoms with van der Waals surface area (Å²) in [4.78, 5) is 75.8. The van der Waals surface area contributed by atoms with Gasteiger partial charge < -0.3 is 0 Å². The Bertz CT molecular complexity index is 5640. The van der Waals surface area contributed by atoms with Crippen molar-refractivity contribution in [2.75, 3.05) is 0 Å². The second-order valence-electron chi connectivity index (χ2n) is 26.8. The summed E-state index contributed by atoms with van der Waals surface area (Å²) in [7, 11) is 0. The van der Waals surface area contributed by atoms with E-state index in [-0.39, 0.29) is 0 Å². The van der Waals surface area contributed by atoms with Crippen LogP contribution in [0.4, 0.5) is 0 Å². The second kappa shape index (κ2) is 29.6. The Hall–Kier alpha value is -15.2. The molecule has 18 aromatic rings. The van der Waals surface area contributed by atoms with Crippen LogP contribution in [0.15, 0.2) is 341 Å². The van der Waals surface area contributed by atoms with E-state index in [9.17, 15) is 0 Å². The van der Waals surface area contributed by atoms with Crippen LogP contribution in [0.2, 0.25) is 0 Å². The van der Waals surface area contributed by atoms with Gasteiger partial charge in [0.2, 0.25) is 5.82 Å². The molecule has 3 aliphatic carbocycles. The average Bonchev–Trinajstić information content (AvgIpc) is 1.65. The van der Waals surface area contributed by atoms with Gasteiger partial charge in [-0.1, -0.05) is 261 Å². The Morgan fingerprint density at radius 3 is 0.811 bits per heavy atom. The molecule has 0 saturated carbocycles. The predicted molar refractivity (Wildman–Crippen MR) is 434 cm³/mol. The van der Waals surface area contributed by atoms with E-state index in [4.69, 9.17) is 54.8 Å². The fourth-order valence-electron chi connectivity index (χ4n) is 14.5. The summed E-state index contributed by atoms with van der Waals surface area (Å²) >= 11 is 0. The van der Waals surface area contributed by atoms with Crippen molar-refractivity contribution >= 4 is 0 Å². The first kappa shape index (κ1) is 66.5. The number of benzene rings is 9. The smallest absolute Gasteiger partial charge is 0.201 e. The highest BCUT2D eigenvalue weighted by molar-refractivity contribution is 5.86. The zero-order chi connectivity index (χ0) is 73.8. The van der Waals surface area contributed by atoms with Crippen LogP contribution in [-0.2, 0) is 19.3 Å². The van der Waals surface area contributed by atoms with Crippen molar-refractivity contribution in [2.24, 2.45) is 0 Å². The first-order chi connectivity index (χ1) is 55.0. The summed E-state index contributed by atoms with van der Waals surface area (Å²) in [5, 5.41) is 0. The summed E-state index contributed by atoms with van der Waals surface area (Å²) in [6.45, 7) is 0. The molecule has 0 radical (unpaired) electrons. The van der Waals surface area contributed by atoms with E-state index in [1.807, 2.05) is 256 Å². The predicted octanol–water partition coefficient (Wildman–Crippen LogP) is 20.1. The van der Waals surface area contributed by atoms with E-state index < -0.39 is 0 Å². The van der Waals surface area contributed by atoms with E-state index in [0.29, 0.717) is 63.9 Å². The lowest BCUT2D eigenvalue weighted by atomic mass is 9.97. The SMILES string of the molecule is c1ccc(-c2nc(-c3ccccc3)nc(-c3ccc(-c4cccc5c4Cc4cccnc4-5)cn3)n2)cc1.c1ccc(-c2nc(-c3ccccc3)nc(-c3ccc(-c4cccc5c4Cc4cccnc4-5)nc3)n2)cc1.c1ccc(-c2nc(-c3ccccc3)nc(-c3ncc(-c4cccc5c4Cc4cccnc4-5)cn3)n2)cc1. The Balaban J connectivity index is 0.000000112. The van der Waals surface area contributed by atoms with E-state index in [0.717, 1.165) is 103 Å². The molecule has 3 aliphatic rings. The van der Waals surface area contributed by atoms with Crippen molar-refractivity contribution < 1.29 is 0 Å². The third-order valence-corrected chi connectivity index (χ3v) is 19.9. The molecule has 0 atom stereocenters. The monoisotopic (exact) mass is 1430 g/mol. The van der Waals surface area contributed by atoms with Crippen molar-refractivity contribution in [3.8, 4) is 170 Å². The van der Waals surface area contributed by atoms with Gasteiger partial charge in [0.1, 0.15) is 5.69 Å². The molecule has 0 unspecified atom stereocenters. The van der Waals surface area contributed by atoms with E-state index in [1.165, 1.54) is 55.6 Å². The number of nitrogens with zero attached hydrogens (tertiary/aromatic N) is 16. The number of rotatable bonds is 12. The quantitative estimate of drug-likeness (QED) is 0.111. The van der Waals surface area contributed by atoms with Crippen molar-refractivity contribution in [1.82, 2.24) is 79.7 Å². The van der Waals surface area contributed by atoms with E-state index >= 15 is 0 Å². The van der Waals surface area contributed by atoms with Crippen LogP contribution in [0.1, 0.15) is 33.4 Å². The molecule has 9 aromatic heterocycles. The van der Waals surface area contributed by atoms with Crippen LogP contribution < -0.4 is 0 Å². The average molecular weight is 1430 g/mol. The third kappa shape index (κ3) is 13.5. The van der Waals surface area contributed by atoms with E-state index in [1.54, 1.807) is 0 Å². The molecule has 522 valence electrons. The summed E-state index contributed by atoms with van der Waals surface area (Å²) in [5.41, 5.74) is 27.9. The van der Waals surface area contributed by atoms with Crippen molar-refractivity contribution in [1.29, 1.82) is 0 Å². The highest BCUT2D eigenvalue weighted by atomic mass is 15.1. The Morgan fingerprint density at radius 2 is 0.450 bits per heavy atom. The van der Waals surface area contributed by atoms with Gasteiger partial charge in [-0.25, -0.2) is 54.8 Å². The van der Waals surface area contributed by atoms with Gasteiger partial charge in [-0.2, -0.15) is 0 Å². The van der Waals surface area contributed by atoms with Gasteiger partial charge in [-0.05, 0) is 80.9 Å². The Morgan fingerprint density at radius 1 is 0.162 bits per heavy atom. The molecule has 16 heteroatoms. The summed E-state index contributed by atoms with van der Waals surface area (Å²) < 4.78 is 0. The maximum atomic E-state index is 4.85. The molecule has 111 heavy (non-hydrogen) atoms. The third-order valence-electron chi connectivity index (χ3n) is 19.9. The molecule has 9 heterocycles. The van der Waals surface area contributed by atoms with Gasteiger partial charge in [0, 0.05) is 135 Å². The van der Waals surface area contributed by atoms with Gasteiger partial charge >= 0.3 is 0 Å². The Kier molecular flexibility index (Phi) is 17.8. The second-order valence-corrected chi connectivity index (χ2v) is 26.8. The molecule has 16 nitrogen and oxygen atoms in total. The number of hydrogen-bond donors (Lipinski definition) is 0. The minimum Gasteiger partial charge on any atom is -0.256 e. The molecule has 0 amide bonds. The van der Waals surface area contributed by atoms with Crippen LogP contribution in [0.3, 0.4) is 0 Å². The fraction of sp³-hybridized carbons (Fsp3) is 0.0316. The number of pyridine rings is 5. The van der Waals surface area contributed by atoms with Crippen molar-refractivity contribution in [3.05, 3.63) is 374 Å². The summed E-state index contributed by atoms with van der Waals surface area (Å²) in [6, 6.07) is 99.4. The Labute approximate surface area is 639 Å². The van der Waals surface area contributed by atoms with Gasteiger partial charge in [-0.3, -0.25) is 24.9 Å². The summed E-state index contributed by atoms with van der Waals surface area (Å²) in [6.07, 6.45) is 15.6. The topological polar surface area (TPSA) is 206 Å². The van der Waals surface area contributed by atoms with Gasteiger partial charge in [0.15, 0.2) is 52.4 Å². The zero-order valence-corrected chi connectivity index (χ0v) is 59.6. The molecule has 0 N–H and O–H groups in total. The molecule has 0 aliphatic heterocycles. The molecule has 0 bridgehead atoms. The molecule has 21 rings (SSSR count). The minimum absolute atomic E-state index is 0.439. The standard InChI is InChI=1S/2C32H21N5.C31H20N6/c1-3-9-21(10-4-1)30-35-31(22-11-5-2-6-12-22)37-32(36-30)24-16-17-28(34-20-24)25-14-7-15-26-27(25)19-23-13-8-18-33-29(23)26;1-3-9-21(10-4-1)30-35-31(22-11-5-2-6-12-22)37-32(36-30)28-17-16-24(20-34-28)25-14-7-15-26-27(25)19-23-13-8-18-33-29(23)26;1-3-9-20(10-4-1)28-35-29(21-11-5-2-6-12-21)37-31(36-28)30-33-18-23(19-34-30)24-14-7-15-25-26(24)17-22-13-8-16-32-27(22)25/h2*1-18,20H,19H2;1-16,18-19H,17H2. The fourth-order valence-corrected chi connectivity index (χ4v) is 14.5. The first-order valence-corrected chi connectivity index (χ1v) is 36.6. The molecule has 0 fully saturated rings. The normalized spacial score (nSPS) is 11.7. The van der Waals surface area contributed by atoms with Crippen LogP contribution >= 0.6 is 0 Å². The van der Waals surface area contributed by atoms with Gasteiger partial charge in [-0.15, -0.1) is 0 Å². The van der Waals surface area contributed by atoms with Crippen LogP contribution in [-0.4, -0.2) is 79.7 Å². The van der Waals surface area contributed by atoms with E-state index in [2.05, 4.69) is 110 Å².